The van der Waals surface area contributed by atoms with Crippen LogP contribution in [0.15, 0.2) is 42.6 Å². The molecule has 8 heteroatoms. The minimum absolute atomic E-state index is 0.267. The zero-order chi connectivity index (χ0) is 23.9. The first-order chi connectivity index (χ1) is 17.0. The smallest absolute Gasteiger partial charge is 0.147 e. The highest BCUT2D eigenvalue weighted by Gasteiger charge is 2.34. The number of hydrogen-bond acceptors (Lipinski definition) is 6. The van der Waals surface area contributed by atoms with Gasteiger partial charge in [0, 0.05) is 37.3 Å². The first kappa shape index (κ1) is 22.2. The number of piperidine rings is 3. The van der Waals surface area contributed by atoms with Gasteiger partial charge in [-0.25, -0.2) is 9.37 Å². The predicted octanol–water partition coefficient (Wildman–Crippen LogP) is 4.40. The Labute approximate surface area is 204 Å². The Kier molecular flexibility index (Phi) is 5.78. The van der Waals surface area contributed by atoms with Crippen LogP contribution < -0.4 is 10.6 Å². The molecule has 2 aromatic carbocycles. The Morgan fingerprint density at radius 1 is 1.14 bits per heavy atom. The van der Waals surface area contributed by atoms with Gasteiger partial charge in [-0.3, -0.25) is 4.98 Å². The first-order valence-electron chi connectivity index (χ1n) is 12.5. The number of hydrogen-bond donors (Lipinski definition) is 3. The van der Waals surface area contributed by atoms with Gasteiger partial charge >= 0.3 is 0 Å². The van der Waals surface area contributed by atoms with Crippen molar-refractivity contribution in [2.45, 2.75) is 18.9 Å². The van der Waals surface area contributed by atoms with E-state index in [2.05, 4.69) is 25.4 Å². The molecule has 2 aromatic heterocycles. The monoisotopic (exact) mass is 473 g/mol. The Morgan fingerprint density at radius 3 is 2.71 bits per heavy atom. The second-order valence-electron chi connectivity index (χ2n) is 10.1. The van der Waals surface area contributed by atoms with Crippen molar-refractivity contribution in [1.29, 1.82) is 0 Å². The van der Waals surface area contributed by atoms with Crippen LogP contribution in [0.1, 0.15) is 12.8 Å². The molecular formula is C27H32FN7. The summed E-state index contributed by atoms with van der Waals surface area (Å²) in [6.07, 6.45) is 4.27. The van der Waals surface area contributed by atoms with E-state index in [0.717, 1.165) is 52.1 Å². The van der Waals surface area contributed by atoms with Crippen molar-refractivity contribution in [3.05, 3.63) is 48.4 Å². The van der Waals surface area contributed by atoms with Crippen LogP contribution >= 0.6 is 0 Å². The lowest BCUT2D eigenvalue weighted by atomic mass is 9.83. The third-order valence-corrected chi connectivity index (χ3v) is 7.46. The fraction of sp³-hybridized carbons (Fsp3) is 0.407. The minimum atomic E-state index is -0.267. The molecule has 0 aliphatic carbocycles. The number of aromatic nitrogens is 3. The van der Waals surface area contributed by atoms with E-state index in [4.69, 9.17) is 9.97 Å². The molecule has 3 aliphatic rings. The number of H-pyrrole nitrogens is 1. The Morgan fingerprint density at radius 2 is 1.97 bits per heavy atom. The quantitative estimate of drug-likeness (QED) is 0.370. The molecule has 0 amide bonds. The van der Waals surface area contributed by atoms with Crippen LogP contribution in [0.2, 0.25) is 0 Å². The average Bonchev–Trinajstić information content (AvgIpc) is 3.29. The van der Waals surface area contributed by atoms with Gasteiger partial charge in [0.05, 0.1) is 33.5 Å². The maximum Gasteiger partial charge on any atom is 0.147 e. The van der Waals surface area contributed by atoms with E-state index in [1.165, 1.54) is 25.9 Å². The molecule has 1 atom stereocenters. The highest BCUT2D eigenvalue weighted by atomic mass is 19.1. The van der Waals surface area contributed by atoms with Gasteiger partial charge in [0.1, 0.15) is 11.6 Å². The number of aromatic amines is 1. The molecule has 7 rings (SSSR count). The van der Waals surface area contributed by atoms with E-state index in [1.807, 2.05) is 50.6 Å². The van der Waals surface area contributed by atoms with Crippen molar-refractivity contribution < 1.29 is 4.39 Å². The molecule has 2 bridgehead atoms. The number of anilines is 2. The molecular weight excluding hydrogens is 441 g/mol. The number of nitrogens with one attached hydrogen (secondary N) is 3. The number of benzene rings is 2. The standard InChI is InChI=1S/C27H32FN7/c1-34(2)12-9-29-24-14-23-18(13-20(24)28)26(31-25-16-35-10-7-17(25)8-11-35)19(15-30-23)27-32-21-5-3-4-6-22(21)33-27/h3-6,13-15,17,25,29H,7-12,16H2,1-2H3,(H,30,31)(H,32,33)/t25-/m1/s1. The summed E-state index contributed by atoms with van der Waals surface area (Å²) in [6.45, 7) is 4.85. The molecule has 7 nitrogen and oxygen atoms in total. The number of rotatable bonds is 7. The summed E-state index contributed by atoms with van der Waals surface area (Å²) in [5, 5.41) is 7.84. The molecule has 3 N–H and O–H groups in total. The Hall–Kier alpha value is -3.23. The van der Waals surface area contributed by atoms with Crippen molar-refractivity contribution in [1.82, 2.24) is 24.8 Å². The van der Waals surface area contributed by atoms with Crippen LogP contribution in [-0.4, -0.2) is 77.6 Å². The molecule has 5 heterocycles. The summed E-state index contributed by atoms with van der Waals surface area (Å²) in [5.41, 5.74) is 4.91. The number of para-hydroxylation sites is 2. The number of likely N-dealkylation sites (N-methyl/N-ethyl adjacent to an activating group) is 1. The van der Waals surface area contributed by atoms with Crippen molar-refractivity contribution in [2.24, 2.45) is 5.92 Å². The molecule has 35 heavy (non-hydrogen) atoms. The van der Waals surface area contributed by atoms with Crippen molar-refractivity contribution in [2.75, 3.05) is 57.5 Å². The second-order valence-corrected chi connectivity index (χ2v) is 10.1. The van der Waals surface area contributed by atoms with E-state index in [0.29, 0.717) is 24.2 Å². The molecule has 3 fully saturated rings. The largest absolute Gasteiger partial charge is 0.381 e. The summed E-state index contributed by atoms with van der Waals surface area (Å²) >= 11 is 0. The van der Waals surface area contributed by atoms with Gasteiger partial charge in [0.15, 0.2) is 0 Å². The first-order valence-corrected chi connectivity index (χ1v) is 12.5. The van der Waals surface area contributed by atoms with Crippen LogP contribution in [0.3, 0.4) is 0 Å². The van der Waals surface area contributed by atoms with E-state index in [9.17, 15) is 0 Å². The lowest BCUT2D eigenvalue weighted by molar-refractivity contribution is 0.0976. The fourth-order valence-electron chi connectivity index (χ4n) is 5.49. The van der Waals surface area contributed by atoms with Crippen molar-refractivity contribution in [3.8, 4) is 11.4 Å². The third kappa shape index (κ3) is 4.32. The van der Waals surface area contributed by atoms with Gasteiger partial charge in [-0.15, -0.1) is 0 Å². The maximum atomic E-state index is 15.3. The number of imidazole rings is 1. The highest BCUT2D eigenvalue weighted by molar-refractivity contribution is 6.00. The van der Waals surface area contributed by atoms with Crippen LogP contribution in [-0.2, 0) is 0 Å². The van der Waals surface area contributed by atoms with E-state index < -0.39 is 0 Å². The molecule has 0 saturated carbocycles. The molecule has 0 spiro atoms. The van der Waals surface area contributed by atoms with Gasteiger partial charge in [-0.2, -0.15) is 0 Å². The molecule has 4 aromatic rings. The molecule has 3 saturated heterocycles. The molecule has 3 aliphatic heterocycles. The lowest BCUT2D eigenvalue weighted by Crippen LogP contribution is -2.53. The number of fused-ring (bicyclic) bond motifs is 5. The van der Waals surface area contributed by atoms with Gasteiger partial charge in [-0.05, 0) is 70.2 Å². The van der Waals surface area contributed by atoms with Crippen LogP contribution in [0.4, 0.5) is 15.8 Å². The Balaban J connectivity index is 1.43. The summed E-state index contributed by atoms with van der Waals surface area (Å²) in [6, 6.07) is 11.8. The number of nitrogens with zero attached hydrogens (tertiary/aromatic N) is 4. The van der Waals surface area contributed by atoms with Crippen LogP contribution in [0, 0.1) is 11.7 Å². The van der Waals surface area contributed by atoms with E-state index in [-0.39, 0.29) is 5.82 Å². The molecule has 182 valence electrons. The summed E-state index contributed by atoms with van der Waals surface area (Å²) < 4.78 is 15.3. The van der Waals surface area contributed by atoms with Gasteiger partial charge in [-0.1, -0.05) is 12.1 Å². The van der Waals surface area contributed by atoms with E-state index in [1.54, 1.807) is 6.07 Å². The van der Waals surface area contributed by atoms with Crippen LogP contribution in [0.25, 0.3) is 33.3 Å². The summed E-state index contributed by atoms with van der Waals surface area (Å²) in [7, 11) is 4.01. The lowest BCUT2D eigenvalue weighted by Gasteiger charge is -2.45. The molecule has 0 radical (unpaired) electrons. The predicted molar refractivity (Wildman–Crippen MR) is 140 cm³/mol. The average molecular weight is 474 g/mol. The zero-order valence-corrected chi connectivity index (χ0v) is 20.3. The minimum Gasteiger partial charge on any atom is -0.381 e. The normalized spacial score (nSPS) is 21.8. The SMILES string of the molecule is CN(C)CCNc1cc2ncc(-c3nc4ccccc4[nH]3)c(N[C@@H]3CN4CCC3CC4)c2cc1F. The van der Waals surface area contributed by atoms with Crippen molar-refractivity contribution >= 4 is 33.3 Å². The van der Waals surface area contributed by atoms with Gasteiger partial charge in [0.2, 0.25) is 0 Å². The number of pyridine rings is 1. The topological polar surface area (TPSA) is 72.1 Å². The number of halogens is 1. The van der Waals surface area contributed by atoms with Crippen molar-refractivity contribution in [3.63, 3.8) is 0 Å². The Bertz CT molecular complexity index is 1320. The highest BCUT2D eigenvalue weighted by Crippen LogP contribution is 2.38. The second kappa shape index (κ2) is 9.09. The summed E-state index contributed by atoms with van der Waals surface area (Å²) in [5.74, 6) is 1.11. The molecule has 0 unspecified atom stereocenters. The van der Waals surface area contributed by atoms with Crippen LogP contribution in [0.5, 0.6) is 0 Å². The fourth-order valence-corrected chi connectivity index (χ4v) is 5.49. The summed E-state index contributed by atoms with van der Waals surface area (Å²) in [4.78, 5) is 17.6. The van der Waals surface area contributed by atoms with Gasteiger partial charge < -0.3 is 25.4 Å². The maximum absolute atomic E-state index is 15.3. The zero-order valence-electron chi connectivity index (χ0n) is 20.3. The third-order valence-electron chi connectivity index (χ3n) is 7.46. The van der Waals surface area contributed by atoms with Gasteiger partial charge in [0.25, 0.3) is 0 Å². The van der Waals surface area contributed by atoms with E-state index >= 15 is 4.39 Å².